The molecule has 4 aromatic carbocycles. The van der Waals surface area contributed by atoms with E-state index in [4.69, 9.17) is 36.7 Å². The van der Waals surface area contributed by atoms with Gasteiger partial charge in [0, 0.05) is 0 Å². The fourth-order valence-electron chi connectivity index (χ4n) is 6.77. The third-order valence-electron chi connectivity index (χ3n) is 10.6. The highest BCUT2D eigenvalue weighted by Gasteiger charge is 2.39. The molecule has 0 saturated carbocycles. The van der Waals surface area contributed by atoms with Crippen LogP contribution in [0.15, 0.2) is 97.1 Å². The van der Waals surface area contributed by atoms with Crippen LogP contribution in [0, 0.1) is 11.8 Å². The van der Waals surface area contributed by atoms with Crippen molar-refractivity contribution in [2.45, 2.75) is 118 Å². The van der Waals surface area contributed by atoms with Crippen molar-refractivity contribution in [2.24, 2.45) is 11.8 Å². The second-order valence-electron chi connectivity index (χ2n) is 18.2. The van der Waals surface area contributed by atoms with Gasteiger partial charge in [0.2, 0.25) is 0 Å². The van der Waals surface area contributed by atoms with Gasteiger partial charge in [-0.1, -0.05) is 53.4 Å². The minimum absolute atomic E-state index is 0.419. The Bertz CT molecular complexity index is 1810. The molecule has 4 aromatic rings. The Labute approximate surface area is 380 Å². The molecule has 0 aromatic heterocycles. The number of carbonyl (C=O) groups excluding carboxylic acids is 2. The minimum atomic E-state index is -2.34. The fourth-order valence-corrected chi connectivity index (χ4v) is 21.0. The lowest BCUT2D eigenvalue weighted by Gasteiger charge is -2.38. The van der Waals surface area contributed by atoms with Crippen LogP contribution in [-0.4, -0.2) is 63.6 Å². The van der Waals surface area contributed by atoms with Crippen molar-refractivity contribution in [3.63, 3.8) is 0 Å². The largest absolute Gasteiger partial charge is 0.494 e. The Hall–Kier alpha value is -4.41. The van der Waals surface area contributed by atoms with E-state index >= 15 is 0 Å². The highest BCUT2D eigenvalue weighted by Crippen LogP contribution is 2.28. The molecule has 0 aliphatic rings. The van der Waals surface area contributed by atoms with Crippen LogP contribution in [0.4, 0.5) is 0 Å². The molecule has 0 amide bonds. The number of rotatable bonds is 28. The molecule has 344 valence electrons. The molecule has 0 unspecified atom stereocenters. The molecule has 4 rings (SSSR count). The number of benzene rings is 4. The van der Waals surface area contributed by atoms with E-state index in [2.05, 4.69) is 67.0 Å². The maximum atomic E-state index is 12.7. The molecule has 13 heteroatoms. The van der Waals surface area contributed by atoms with E-state index in [-0.39, 0.29) is 0 Å². The molecule has 0 heterocycles. The van der Waals surface area contributed by atoms with Crippen molar-refractivity contribution in [3.05, 3.63) is 108 Å². The van der Waals surface area contributed by atoms with Gasteiger partial charge in [-0.05, 0) is 173 Å². The molecule has 0 N–H and O–H groups in total. The van der Waals surface area contributed by atoms with Gasteiger partial charge in [0.1, 0.15) is 34.5 Å². The molecule has 10 nitrogen and oxygen atoms in total. The number of hydrogen-bond donors (Lipinski definition) is 0. The lowest BCUT2D eigenvalue weighted by atomic mass is 10.1. The van der Waals surface area contributed by atoms with E-state index in [0.717, 1.165) is 73.6 Å². The molecule has 63 heavy (non-hydrogen) atoms. The zero-order valence-electron chi connectivity index (χ0n) is 39.5. The lowest BCUT2D eigenvalue weighted by Crippen LogP contribution is -2.52. The molecule has 0 bridgehead atoms. The summed E-state index contributed by atoms with van der Waals surface area (Å²) >= 11 is 0. The number of ether oxygens (including phenoxy) is 6. The molecule has 0 radical (unpaired) electrons. The zero-order chi connectivity index (χ0) is 45.9. The van der Waals surface area contributed by atoms with Gasteiger partial charge in [-0.2, -0.15) is 0 Å². The van der Waals surface area contributed by atoms with Crippen LogP contribution in [0.3, 0.4) is 0 Å². The van der Waals surface area contributed by atoms with E-state index < -0.39 is 37.1 Å². The number of carbonyl (C=O) groups is 2. The van der Waals surface area contributed by atoms with Crippen LogP contribution in [0.5, 0.6) is 34.5 Å². The van der Waals surface area contributed by atoms with Crippen molar-refractivity contribution >= 4 is 37.1 Å². The zero-order valence-corrected chi connectivity index (χ0v) is 42.5. The van der Waals surface area contributed by atoms with Gasteiger partial charge in [0.15, 0.2) is 16.6 Å². The first-order valence-corrected chi connectivity index (χ1v) is 31.8. The Morgan fingerprint density at radius 2 is 0.746 bits per heavy atom. The second kappa shape index (κ2) is 25.2. The van der Waals surface area contributed by atoms with Crippen LogP contribution in [0.25, 0.3) is 0 Å². The minimum Gasteiger partial charge on any atom is -0.494 e. The molecular weight excluding hydrogens is 845 g/mol. The fraction of sp³-hybridized carbons (Fsp3) is 0.480. The summed E-state index contributed by atoms with van der Waals surface area (Å²) in [6, 6.07) is 30.4. The third-order valence-corrected chi connectivity index (χ3v) is 22.1. The van der Waals surface area contributed by atoms with E-state index in [1.165, 1.54) is 0 Å². The van der Waals surface area contributed by atoms with Crippen molar-refractivity contribution in [1.29, 1.82) is 0 Å². The summed E-state index contributed by atoms with van der Waals surface area (Å²) in [5, 5.41) is 0. The van der Waals surface area contributed by atoms with Crippen LogP contribution in [0.2, 0.25) is 51.4 Å². The summed E-state index contributed by atoms with van der Waals surface area (Å²) in [7, 11) is -6.27. The van der Waals surface area contributed by atoms with Gasteiger partial charge in [0.25, 0.3) is 0 Å². The van der Waals surface area contributed by atoms with Gasteiger partial charge >= 0.3 is 20.5 Å². The Kier molecular flexibility index (Phi) is 20.5. The highest BCUT2D eigenvalue weighted by molar-refractivity contribution is 6.87. The van der Waals surface area contributed by atoms with Crippen molar-refractivity contribution in [1.82, 2.24) is 0 Å². The molecule has 0 aliphatic heterocycles. The van der Waals surface area contributed by atoms with Gasteiger partial charge in [-0.15, -0.1) is 0 Å². The molecule has 0 aliphatic carbocycles. The second-order valence-corrected chi connectivity index (χ2v) is 30.6. The number of esters is 2. The van der Waals surface area contributed by atoms with E-state index in [0.29, 0.717) is 60.9 Å². The molecular formula is C50H72O10Si3. The number of unbranched alkanes of at least 4 members (excludes halogenated alkanes) is 2. The normalized spacial score (nSPS) is 12.9. The first kappa shape index (κ1) is 51.2. The van der Waals surface area contributed by atoms with Gasteiger partial charge < -0.3 is 36.7 Å². The summed E-state index contributed by atoms with van der Waals surface area (Å²) in [4.78, 5) is 25.4. The van der Waals surface area contributed by atoms with E-state index in [1.54, 1.807) is 48.5 Å². The monoisotopic (exact) mass is 916 g/mol. The van der Waals surface area contributed by atoms with Crippen LogP contribution >= 0.6 is 0 Å². The molecule has 2 atom stereocenters. The van der Waals surface area contributed by atoms with Gasteiger partial charge in [-0.3, -0.25) is 0 Å². The molecule has 0 fully saturated rings. The van der Waals surface area contributed by atoms with Crippen LogP contribution < -0.4 is 28.4 Å². The topological polar surface area (TPSA) is 108 Å². The average molecular weight is 917 g/mol. The molecule has 0 saturated heterocycles. The summed E-state index contributed by atoms with van der Waals surface area (Å²) in [6.07, 6.45) is 5.95. The Morgan fingerprint density at radius 1 is 0.444 bits per heavy atom. The summed E-state index contributed by atoms with van der Waals surface area (Å²) in [5.74, 6) is 4.03. The predicted octanol–water partition coefficient (Wildman–Crippen LogP) is 13.1. The maximum Gasteiger partial charge on any atom is 0.343 e. The Balaban J connectivity index is 1.07. The average Bonchev–Trinajstić information content (AvgIpc) is 3.24. The van der Waals surface area contributed by atoms with Crippen molar-refractivity contribution in [2.75, 3.05) is 26.4 Å². The van der Waals surface area contributed by atoms with Crippen molar-refractivity contribution < 1.29 is 46.2 Å². The van der Waals surface area contributed by atoms with Gasteiger partial charge in [-0.25, -0.2) is 9.59 Å². The third kappa shape index (κ3) is 19.5. The highest BCUT2D eigenvalue weighted by atomic mass is 28.5. The van der Waals surface area contributed by atoms with Crippen LogP contribution in [-0.2, 0) is 8.23 Å². The summed E-state index contributed by atoms with van der Waals surface area (Å²) in [5.41, 5.74) is 0.918. The van der Waals surface area contributed by atoms with E-state index in [9.17, 15) is 9.59 Å². The molecule has 0 spiro atoms. The van der Waals surface area contributed by atoms with Crippen LogP contribution in [0.1, 0.15) is 86.9 Å². The Morgan fingerprint density at radius 3 is 1.08 bits per heavy atom. The number of hydrogen-bond acceptors (Lipinski definition) is 10. The summed E-state index contributed by atoms with van der Waals surface area (Å²) < 4.78 is 48.4. The first-order valence-electron chi connectivity index (χ1n) is 22.7. The standard InChI is InChI=1S/C50H72O10Si3/c1-11-39(3)37-55-45-25-29-47(30-26-45)57-49(51)41-17-21-43(22-18-41)53-33-13-15-35-61(5,6)59-63(9,10)60-62(7,8)36-16-14-34-54-44-23-19-42(20-24-44)50(52)58-48-31-27-46(28-32-48)56-38-40(4)12-2/h17-32,39-40H,11-16,33-38H2,1-10H3/t39-,40-/m0/s1. The quantitative estimate of drug-likeness (QED) is 0.0236. The maximum absolute atomic E-state index is 12.7. The predicted molar refractivity (Wildman–Crippen MR) is 259 cm³/mol. The van der Waals surface area contributed by atoms with E-state index in [1.807, 2.05) is 48.5 Å². The first-order chi connectivity index (χ1) is 29.9. The van der Waals surface area contributed by atoms with Gasteiger partial charge in [0.05, 0.1) is 37.6 Å². The lowest BCUT2D eigenvalue weighted by molar-refractivity contribution is 0.0725. The van der Waals surface area contributed by atoms with Crippen molar-refractivity contribution in [3.8, 4) is 34.5 Å². The smallest absolute Gasteiger partial charge is 0.343 e. The SMILES string of the molecule is CC[C@H](C)COc1ccc(OC(=O)c2ccc(OCCCC[Si](C)(C)O[Si](C)(C)O[Si](C)(C)CCCCOc3ccc(C(=O)Oc4ccc(OC[C@@H](C)CC)cc4)cc3)cc2)cc1. The summed E-state index contributed by atoms with van der Waals surface area (Å²) in [6.45, 7) is 24.6.